The fourth-order valence-corrected chi connectivity index (χ4v) is 2.77. The van der Waals surface area contributed by atoms with Crippen molar-refractivity contribution in [3.63, 3.8) is 0 Å². The zero-order chi connectivity index (χ0) is 14.8. The normalized spacial score (nSPS) is 16.4. The maximum Gasteiger partial charge on any atom is 0.221 e. The van der Waals surface area contributed by atoms with Gasteiger partial charge in [0.25, 0.3) is 0 Å². The number of nitrogens with two attached hydrogens (primary N) is 1. The van der Waals surface area contributed by atoms with Crippen molar-refractivity contribution < 1.29 is 4.79 Å². The molecule has 0 aliphatic heterocycles. The number of rotatable bonds is 6. The molecule has 112 valence electrons. The van der Waals surface area contributed by atoms with Gasteiger partial charge in [0.15, 0.2) is 0 Å². The Hall–Kier alpha value is -1.69. The smallest absolute Gasteiger partial charge is 0.221 e. The third-order valence-corrected chi connectivity index (χ3v) is 4.12. The zero-order valence-corrected chi connectivity index (χ0v) is 12.8. The van der Waals surface area contributed by atoms with Crippen LogP contribution in [0.5, 0.6) is 0 Å². The molecule has 2 aliphatic rings. The number of nitrogens with zero attached hydrogens (tertiary/aromatic N) is 1. The number of fused-ring (bicyclic) bond motifs is 1. The molecular weight excluding hydrogens is 284 g/mol. The van der Waals surface area contributed by atoms with Crippen molar-refractivity contribution >= 4 is 28.9 Å². The van der Waals surface area contributed by atoms with Crippen LogP contribution in [0.15, 0.2) is 6.07 Å². The standard InChI is InChI=1S/C15H20N4OS/c16-14(21)11-8-9-2-1-3-12(9)19-15(11)17-7-6-13(20)18-10-4-5-10/h8,10H,1-7H2,(H2,16,21)(H,17,19)(H,18,20). The van der Waals surface area contributed by atoms with Gasteiger partial charge in [-0.25, -0.2) is 4.98 Å². The van der Waals surface area contributed by atoms with Gasteiger partial charge in [-0.2, -0.15) is 0 Å². The van der Waals surface area contributed by atoms with Crippen LogP contribution in [-0.2, 0) is 17.6 Å². The first-order valence-electron chi connectivity index (χ1n) is 7.49. The van der Waals surface area contributed by atoms with Crippen LogP contribution >= 0.6 is 12.2 Å². The number of carbonyl (C=O) groups is 1. The van der Waals surface area contributed by atoms with E-state index in [1.165, 1.54) is 5.56 Å². The molecule has 1 aromatic rings. The van der Waals surface area contributed by atoms with Gasteiger partial charge in [0.2, 0.25) is 5.91 Å². The minimum Gasteiger partial charge on any atom is -0.389 e. The summed E-state index contributed by atoms with van der Waals surface area (Å²) in [7, 11) is 0. The van der Waals surface area contributed by atoms with Crippen molar-refractivity contribution in [3.05, 3.63) is 22.9 Å². The van der Waals surface area contributed by atoms with Crippen molar-refractivity contribution in [2.24, 2.45) is 5.73 Å². The molecule has 4 N–H and O–H groups in total. The van der Waals surface area contributed by atoms with Gasteiger partial charge in [-0.1, -0.05) is 12.2 Å². The van der Waals surface area contributed by atoms with Crippen LogP contribution in [-0.4, -0.2) is 28.5 Å². The highest BCUT2D eigenvalue weighted by atomic mass is 32.1. The van der Waals surface area contributed by atoms with E-state index in [0.717, 1.165) is 43.4 Å². The lowest BCUT2D eigenvalue weighted by atomic mass is 10.1. The van der Waals surface area contributed by atoms with Crippen molar-refractivity contribution in [3.8, 4) is 0 Å². The molecule has 1 amide bonds. The van der Waals surface area contributed by atoms with Gasteiger partial charge in [-0.05, 0) is 43.7 Å². The molecule has 21 heavy (non-hydrogen) atoms. The summed E-state index contributed by atoms with van der Waals surface area (Å²) in [4.78, 5) is 16.7. The van der Waals surface area contributed by atoms with E-state index in [4.69, 9.17) is 18.0 Å². The van der Waals surface area contributed by atoms with E-state index in [2.05, 4.69) is 15.6 Å². The van der Waals surface area contributed by atoms with Crippen LogP contribution in [0.2, 0.25) is 0 Å². The van der Waals surface area contributed by atoms with E-state index in [1.54, 1.807) is 0 Å². The Morgan fingerprint density at radius 3 is 2.95 bits per heavy atom. The van der Waals surface area contributed by atoms with Gasteiger partial charge >= 0.3 is 0 Å². The predicted molar refractivity (Wildman–Crippen MR) is 86.4 cm³/mol. The second-order valence-electron chi connectivity index (χ2n) is 5.73. The van der Waals surface area contributed by atoms with Gasteiger partial charge in [-0.15, -0.1) is 0 Å². The van der Waals surface area contributed by atoms with Crippen LogP contribution < -0.4 is 16.4 Å². The molecule has 5 nitrogen and oxygen atoms in total. The van der Waals surface area contributed by atoms with Crippen molar-refractivity contribution in [2.75, 3.05) is 11.9 Å². The van der Waals surface area contributed by atoms with E-state index in [1.807, 2.05) is 6.07 Å². The van der Waals surface area contributed by atoms with Gasteiger partial charge in [0.05, 0.1) is 5.56 Å². The number of pyridine rings is 1. The Morgan fingerprint density at radius 1 is 1.43 bits per heavy atom. The average molecular weight is 304 g/mol. The number of nitrogens with one attached hydrogen (secondary N) is 2. The van der Waals surface area contributed by atoms with Gasteiger partial charge in [0, 0.05) is 24.7 Å². The third kappa shape index (κ3) is 3.50. The summed E-state index contributed by atoms with van der Waals surface area (Å²) in [5.74, 6) is 0.797. The second-order valence-corrected chi connectivity index (χ2v) is 6.17. The molecule has 0 spiro atoms. The maximum absolute atomic E-state index is 11.7. The molecule has 0 atom stereocenters. The van der Waals surface area contributed by atoms with E-state index >= 15 is 0 Å². The first kappa shape index (κ1) is 14.3. The van der Waals surface area contributed by atoms with Crippen molar-refractivity contribution in [1.29, 1.82) is 0 Å². The van der Waals surface area contributed by atoms with E-state index in [-0.39, 0.29) is 5.91 Å². The van der Waals surface area contributed by atoms with Crippen LogP contribution in [0.25, 0.3) is 0 Å². The molecule has 1 aromatic heterocycles. The molecule has 2 aliphatic carbocycles. The number of hydrogen-bond acceptors (Lipinski definition) is 4. The lowest BCUT2D eigenvalue weighted by Crippen LogP contribution is -2.27. The molecule has 0 saturated heterocycles. The summed E-state index contributed by atoms with van der Waals surface area (Å²) in [5.41, 5.74) is 8.94. The summed E-state index contributed by atoms with van der Waals surface area (Å²) in [6.07, 6.45) is 5.83. The Bertz CT molecular complexity index is 583. The fraction of sp³-hybridized carbons (Fsp3) is 0.533. The highest BCUT2D eigenvalue weighted by molar-refractivity contribution is 7.80. The zero-order valence-electron chi connectivity index (χ0n) is 11.9. The SMILES string of the molecule is NC(=S)c1cc2c(nc1NCCC(=O)NC1CC1)CCC2. The van der Waals surface area contributed by atoms with Crippen molar-refractivity contribution in [2.45, 2.75) is 44.6 Å². The lowest BCUT2D eigenvalue weighted by molar-refractivity contribution is -0.120. The summed E-state index contributed by atoms with van der Waals surface area (Å²) in [5, 5.41) is 6.18. The molecule has 1 heterocycles. The number of aryl methyl sites for hydroxylation is 2. The number of amides is 1. The first-order chi connectivity index (χ1) is 10.1. The molecule has 1 fully saturated rings. The molecular formula is C15H20N4OS. The Morgan fingerprint density at radius 2 is 2.24 bits per heavy atom. The summed E-state index contributed by atoms with van der Waals surface area (Å²) < 4.78 is 0. The molecule has 0 unspecified atom stereocenters. The summed E-state index contributed by atoms with van der Waals surface area (Å²) in [6.45, 7) is 0.542. The predicted octanol–water partition coefficient (Wildman–Crippen LogP) is 1.29. The quantitative estimate of drug-likeness (QED) is 0.690. The molecule has 3 rings (SSSR count). The fourth-order valence-electron chi connectivity index (χ4n) is 2.62. The van der Waals surface area contributed by atoms with Crippen LogP contribution in [0.4, 0.5) is 5.82 Å². The van der Waals surface area contributed by atoms with E-state index in [0.29, 0.717) is 29.8 Å². The molecule has 1 saturated carbocycles. The third-order valence-electron chi connectivity index (χ3n) is 3.90. The largest absolute Gasteiger partial charge is 0.389 e. The maximum atomic E-state index is 11.7. The highest BCUT2D eigenvalue weighted by Crippen LogP contribution is 2.25. The van der Waals surface area contributed by atoms with E-state index < -0.39 is 0 Å². The summed E-state index contributed by atoms with van der Waals surface area (Å²) in [6, 6.07) is 2.45. The average Bonchev–Trinajstić information content (AvgIpc) is 3.13. The van der Waals surface area contributed by atoms with Gasteiger partial charge in [-0.3, -0.25) is 4.79 Å². The van der Waals surface area contributed by atoms with Crippen molar-refractivity contribution in [1.82, 2.24) is 10.3 Å². The van der Waals surface area contributed by atoms with Gasteiger partial charge in [0.1, 0.15) is 10.8 Å². The number of hydrogen-bond donors (Lipinski definition) is 3. The minimum absolute atomic E-state index is 0.0861. The second kappa shape index (κ2) is 5.97. The topological polar surface area (TPSA) is 80.0 Å². The lowest BCUT2D eigenvalue weighted by Gasteiger charge is -2.12. The number of aromatic nitrogens is 1. The Balaban J connectivity index is 1.63. The first-order valence-corrected chi connectivity index (χ1v) is 7.90. The van der Waals surface area contributed by atoms with Gasteiger partial charge < -0.3 is 16.4 Å². The molecule has 0 radical (unpaired) electrons. The number of thiocarbonyl (C=S) groups is 1. The molecule has 0 aromatic carbocycles. The Kier molecular flexibility index (Phi) is 4.05. The van der Waals surface area contributed by atoms with Crippen LogP contribution in [0.1, 0.15) is 42.5 Å². The number of carbonyl (C=O) groups excluding carboxylic acids is 1. The van der Waals surface area contributed by atoms with Crippen LogP contribution in [0, 0.1) is 0 Å². The highest BCUT2D eigenvalue weighted by Gasteiger charge is 2.23. The van der Waals surface area contributed by atoms with E-state index in [9.17, 15) is 4.79 Å². The minimum atomic E-state index is 0.0861. The summed E-state index contributed by atoms with van der Waals surface area (Å²) >= 11 is 5.11. The monoisotopic (exact) mass is 304 g/mol. The molecule has 6 heteroatoms. The molecule has 0 bridgehead atoms. The Labute approximate surface area is 129 Å². The van der Waals surface area contributed by atoms with Crippen LogP contribution in [0.3, 0.4) is 0 Å². The number of anilines is 1.